The van der Waals surface area contributed by atoms with Crippen LogP contribution in [0.25, 0.3) is 0 Å². The zero-order chi connectivity index (χ0) is 9.26. The molecule has 0 atom stereocenters. The molecule has 2 rings (SSSR count). The van der Waals surface area contributed by atoms with Gasteiger partial charge in [-0.15, -0.1) is 0 Å². The van der Waals surface area contributed by atoms with E-state index in [1.54, 1.807) is 0 Å². The Morgan fingerprint density at radius 3 is 2.23 bits per heavy atom. The molecule has 0 spiro atoms. The summed E-state index contributed by atoms with van der Waals surface area (Å²) in [5, 5.41) is 0.769. The zero-order valence-electron chi connectivity index (χ0n) is 7.09. The molecule has 0 aromatic heterocycles. The summed E-state index contributed by atoms with van der Waals surface area (Å²) in [6, 6.07) is 7.77. The van der Waals surface area contributed by atoms with Gasteiger partial charge < -0.3 is 0 Å². The molecular weight excluding hydrogens is 223 g/mol. The lowest BCUT2D eigenvalue weighted by molar-refractivity contribution is 1.06. The molecule has 0 radical (unpaired) electrons. The molecule has 0 unspecified atom stereocenters. The third-order valence-electron chi connectivity index (χ3n) is 2.11. The van der Waals surface area contributed by atoms with Gasteiger partial charge in [0.25, 0.3) is 0 Å². The molecule has 0 saturated carbocycles. The molecule has 1 fully saturated rings. The van der Waals surface area contributed by atoms with E-state index in [1.807, 2.05) is 24.3 Å². The molecule has 0 bridgehead atoms. The lowest BCUT2D eigenvalue weighted by Crippen LogP contribution is -2.07. The van der Waals surface area contributed by atoms with Crippen LogP contribution in [0.15, 0.2) is 24.3 Å². The maximum atomic E-state index is 6.25. The second-order valence-electron chi connectivity index (χ2n) is 3.04. The van der Waals surface area contributed by atoms with Crippen molar-refractivity contribution in [3.05, 3.63) is 34.9 Å². The molecule has 13 heavy (non-hydrogen) atoms. The van der Waals surface area contributed by atoms with E-state index in [-0.39, 0.29) is 0 Å². The Labute approximate surface area is 90.8 Å². The monoisotopic (exact) mass is 232 g/mol. The van der Waals surface area contributed by atoms with Crippen molar-refractivity contribution in [2.24, 2.45) is 0 Å². The van der Waals surface area contributed by atoms with Crippen molar-refractivity contribution < 1.29 is 0 Å². The average Bonchev–Trinajstić information content (AvgIpc) is 2.02. The van der Waals surface area contributed by atoms with Gasteiger partial charge in [0.15, 0.2) is 0 Å². The van der Waals surface area contributed by atoms with E-state index < -0.39 is 0 Å². The van der Waals surface area contributed by atoms with Crippen molar-refractivity contribution in [2.45, 2.75) is 6.42 Å². The minimum Gasteiger partial charge on any atom is -0.167 e. The Morgan fingerprint density at radius 2 is 1.77 bits per heavy atom. The molecule has 1 aromatic carbocycles. The SMILES string of the molecule is ClC(c1ccc(Cl)cc1)=S1CCC1. The Morgan fingerprint density at radius 1 is 1.15 bits per heavy atom. The van der Waals surface area contributed by atoms with E-state index in [2.05, 4.69) is 0 Å². The maximum Gasteiger partial charge on any atom is 0.0715 e. The van der Waals surface area contributed by atoms with Crippen LogP contribution in [0.4, 0.5) is 0 Å². The second kappa shape index (κ2) is 4.04. The van der Waals surface area contributed by atoms with E-state index in [0.29, 0.717) is 10.5 Å². The van der Waals surface area contributed by atoms with Crippen molar-refractivity contribution >= 4 is 38.0 Å². The van der Waals surface area contributed by atoms with E-state index in [1.165, 1.54) is 17.9 Å². The first kappa shape index (κ1) is 9.57. The van der Waals surface area contributed by atoms with E-state index in [4.69, 9.17) is 23.2 Å². The summed E-state index contributed by atoms with van der Waals surface area (Å²) >= 11 is 12.0. The lowest BCUT2D eigenvalue weighted by Gasteiger charge is -2.20. The topological polar surface area (TPSA) is 0 Å². The smallest absolute Gasteiger partial charge is 0.0715 e. The highest BCUT2D eigenvalue weighted by atomic mass is 35.5. The van der Waals surface area contributed by atoms with Crippen LogP contribution < -0.4 is 0 Å². The molecule has 0 aliphatic carbocycles. The fraction of sp³-hybridized carbons (Fsp3) is 0.300. The zero-order valence-corrected chi connectivity index (χ0v) is 9.42. The number of hydrogen-bond acceptors (Lipinski definition) is 0. The molecule has 1 aromatic rings. The molecule has 0 N–H and O–H groups in total. The Balaban J connectivity index is 2.30. The fourth-order valence-corrected chi connectivity index (χ4v) is 3.34. The number of rotatable bonds is 1. The first-order valence-corrected chi connectivity index (χ1v) is 6.55. The van der Waals surface area contributed by atoms with Crippen LogP contribution >= 0.6 is 33.7 Å². The largest absolute Gasteiger partial charge is 0.167 e. The normalized spacial score (nSPS) is 16.8. The fourth-order valence-electron chi connectivity index (χ4n) is 1.22. The predicted molar refractivity (Wildman–Crippen MR) is 63.4 cm³/mol. The van der Waals surface area contributed by atoms with Crippen molar-refractivity contribution in [1.82, 2.24) is 0 Å². The molecule has 1 heterocycles. The highest BCUT2D eigenvalue weighted by molar-refractivity contribution is 8.18. The molecule has 1 aliphatic rings. The number of benzene rings is 1. The molecule has 1 aliphatic heterocycles. The van der Waals surface area contributed by atoms with Gasteiger partial charge in [-0.2, -0.15) is 10.5 Å². The first-order valence-electron chi connectivity index (χ1n) is 4.23. The standard InChI is InChI=1S/C10H10Cl2S/c11-9-4-2-8(3-5-9)10(12)13-6-1-7-13/h2-5H,1,6-7H2. The maximum absolute atomic E-state index is 6.25. The minimum atomic E-state index is 0.340. The summed E-state index contributed by atoms with van der Waals surface area (Å²) in [6.07, 6.45) is 1.33. The lowest BCUT2D eigenvalue weighted by atomic mass is 10.2. The van der Waals surface area contributed by atoms with Gasteiger partial charge in [0.1, 0.15) is 0 Å². The van der Waals surface area contributed by atoms with Crippen LogP contribution in [-0.4, -0.2) is 15.8 Å². The summed E-state index contributed by atoms with van der Waals surface area (Å²) in [5.74, 6) is 2.53. The molecule has 70 valence electrons. The minimum absolute atomic E-state index is 0.340. The van der Waals surface area contributed by atoms with Gasteiger partial charge >= 0.3 is 0 Å². The summed E-state index contributed by atoms with van der Waals surface area (Å²) in [5.41, 5.74) is 1.13. The Hall–Kier alpha value is 0.0200. The Bertz CT molecular complexity index is 334. The highest BCUT2D eigenvalue weighted by Crippen LogP contribution is 2.32. The highest BCUT2D eigenvalue weighted by Gasteiger charge is 2.12. The average molecular weight is 233 g/mol. The quantitative estimate of drug-likeness (QED) is 0.512. The predicted octanol–water partition coefficient (Wildman–Crippen LogP) is 3.73. The Kier molecular flexibility index (Phi) is 2.97. The number of hydrogen-bond donors (Lipinski definition) is 0. The van der Waals surface area contributed by atoms with Crippen LogP contribution in [0.5, 0.6) is 0 Å². The van der Waals surface area contributed by atoms with Crippen LogP contribution in [0.2, 0.25) is 5.02 Å². The van der Waals surface area contributed by atoms with Crippen LogP contribution in [-0.2, 0) is 0 Å². The molecule has 0 amide bonds. The summed E-state index contributed by atoms with van der Waals surface area (Å²) < 4.78 is 1.03. The van der Waals surface area contributed by atoms with Gasteiger partial charge in [-0.1, -0.05) is 35.3 Å². The van der Waals surface area contributed by atoms with Crippen molar-refractivity contribution in [2.75, 3.05) is 11.5 Å². The van der Waals surface area contributed by atoms with Gasteiger partial charge in [-0.3, -0.25) is 0 Å². The third-order valence-corrected chi connectivity index (χ3v) is 5.54. The van der Waals surface area contributed by atoms with Crippen LogP contribution in [0.1, 0.15) is 12.0 Å². The summed E-state index contributed by atoms with van der Waals surface area (Å²) in [7, 11) is 0.340. The molecule has 1 saturated heterocycles. The van der Waals surface area contributed by atoms with Gasteiger partial charge in [0.05, 0.1) is 4.32 Å². The van der Waals surface area contributed by atoms with Crippen LogP contribution in [0, 0.1) is 0 Å². The molecule has 3 heteroatoms. The van der Waals surface area contributed by atoms with E-state index in [0.717, 1.165) is 14.9 Å². The van der Waals surface area contributed by atoms with Crippen molar-refractivity contribution in [3.63, 3.8) is 0 Å². The summed E-state index contributed by atoms with van der Waals surface area (Å²) in [4.78, 5) is 0. The van der Waals surface area contributed by atoms with E-state index in [9.17, 15) is 0 Å². The van der Waals surface area contributed by atoms with Crippen molar-refractivity contribution in [3.8, 4) is 0 Å². The van der Waals surface area contributed by atoms with Gasteiger partial charge in [-0.05, 0) is 35.6 Å². The van der Waals surface area contributed by atoms with Crippen LogP contribution in [0.3, 0.4) is 0 Å². The van der Waals surface area contributed by atoms with Gasteiger partial charge in [0, 0.05) is 5.02 Å². The van der Waals surface area contributed by atoms with Crippen molar-refractivity contribution in [1.29, 1.82) is 0 Å². The summed E-state index contributed by atoms with van der Waals surface area (Å²) in [6.45, 7) is 0. The second-order valence-corrected chi connectivity index (χ2v) is 6.28. The third kappa shape index (κ3) is 2.09. The van der Waals surface area contributed by atoms with Gasteiger partial charge in [0.2, 0.25) is 0 Å². The number of halogens is 2. The first-order chi connectivity index (χ1) is 6.27. The molecule has 0 nitrogen and oxygen atoms in total. The van der Waals surface area contributed by atoms with Gasteiger partial charge in [-0.25, -0.2) is 0 Å². The molecular formula is C10H10Cl2S. The van der Waals surface area contributed by atoms with E-state index >= 15 is 0 Å².